The first-order valence-corrected chi connectivity index (χ1v) is 10.7. The second-order valence-corrected chi connectivity index (χ2v) is 7.68. The molecule has 1 saturated heterocycles. The Kier molecular flexibility index (Phi) is 13.5. The molecular weight excluding hydrogens is 477 g/mol. The monoisotopic (exact) mass is 517 g/mol. The Balaban J connectivity index is 0.00000420. The van der Waals surface area contributed by atoms with E-state index >= 15 is 0 Å². The second kappa shape index (κ2) is 15.0. The van der Waals surface area contributed by atoms with E-state index in [2.05, 4.69) is 78.6 Å². The number of benzene rings is 1. The predicted octanol–water partition coefficient (Wildman–Crippen LogP) is 2.79. The minimum absolute atomic E-state index is 0. The number of guanidine groups is 1. The molecule has 0 aromatic heterocycles. The number of hydrogen-bond donors (Lipinski definition) is 2. The number of ether oxygens (including phenoxy) is 1. The van der Waals surface area contributed by atoms with Crippen LogP contribution in [0.25, 0.3) is 0 Å². The van der Waals surface area contributed by atoms with Crippen molar-refractivity contribution in [3.63, 3.8) is 0 Å². The molecule has 1 fully saturated rings. The normalized spacial score (nSPS) is 17.5. The molecule has 7 heteroatoms. The fraction of sp³-hybridized carbons (Fsp3) is 0.682. The molecule has 2 unspecified atom stereocenters. The summed E-state index contributed by atoms with van der Waals surface area (Å²) in [6.07, 6.45) is 1.08. The topological polar surface area (TPSA) is 52.1 Å². The summed E-state index contributed by atoms with van der Waals surface area (Å²) in [7, 11) is 2.20. The van der Waals surface area contributed by atoms with Crippen LogP contribution in [-0.4, -0.2) is 80.8 Å². The molecule has 2 rings (SSSR count). The summed E-state index contributed by atoms with van der Waals surface area (Å²) in [5, 5.41) is 6.86. The Bertz CT molecular complexity index is 566. The van der Waals surface area contributed by atoms with Crippen LogP contribution < -0.4 is 10.6 Å². The molecule has 6 nitrogen and oxygen atoms in total. The lowest BCUT2D eigenvalue weighted by Gasteiger charge is -2.31. The molecule has 0 amide bonds. The maximum Gasteiger partial charge on any atom is 0.191 e. The van der Waals surface area contributed by atoms with Gasteiger partial charge in [0.05, 0.1) is 19.8 Å². The zero-order valence-corrected chi connectivity index (χ0v) is 20.9. The van der Waals surface area contributed by atoms with E-state index in [9.17, 15) is 0 Å². The lowest BCUT2D eigenvalue weighted by molar-refractivity contribution is 0.0220. The largest absolute Gasteiger partial charge is 0.379 e. The number of rotatable bonds is 10. The first-order chi connectivity index (χ1) is 13.6. The molecule has 0 radical (unpaired) electrons. The van der Waals surface area contributed by atoms with Crippen LogP contribution in [0.1, 0.15) is 32.8 Å². The van der Waals surface area contributed by atoms with Gasteiger partial charge in [0.2, 0.25) is 0 Å². The Morgan fingerprint density at radius 1 is 1.17 bits per heavy atom. The molecule has 2 N–H and O–H groups in total. The molecule has 0 bridgehead atoms. The first kappa shape index (κ1) is 26.1. The van der Waals surface area contributed by atoms with E-state index in [-0.39, 0.29) is 24.0 Å². The van der Waals surface area contributed by atoms with E-state index < -0.39 is 0 Å². The third-order valence-electron chi connectivity index (χ3n) is 5.41. The van der Waals surface area contributed by atoms with E-state index in [0.29, 0.717) is 12.1 Å². The van der Waals surface area contributed by atoms with Crippen molar-refractivity contribution in [1.29, 1.82) is 0 Å². The van der Waals surface area contributed by atoms with Gasteiger partial charge in [0, 0.05) is 44.8 Å². The van der Waals surface area contributed by atoms with Crippen molar-refractivity contribution < 1.29 is 4.74 Å². The zero-order chi connectivity index (χ0) is 20.2. The van der Waals surface area contributed by atoms with Crippen LogP contribution in [0.5, 0.6) is 0 Å². The molecule has 1 aromatic carbocycles. The van der Waals surface area contributed by atoms with Gasteiger partial charge in [-0.2, -0.15) is 0 Å². The zero-order valence-electron chi connectivity index (χ0n) is 18.6. The average Bonchev–Trinajstić information content (AvgIpc) is 2.73. The number of halogens is 1. The van der Waals surface area contributed by atoms with Crippen molar-refractivity contribution in [2.24, 2.45) is 4.99 Å². The Hall–Kier alpha value is -0.900. The summed E-state index contributed by atoms with van der Waals surface area (Å²) >= 11 is 0. The highest BCUT2D eigenvalue weighted by atomic mass is 127. The van der Waals surface area contributed by atoms with Gasteiger partial charge in [-0.1, -0.05) is 30.3 Å². The minimum Gasteiger partial charge on any atom is -0.379 e. The molecule has 1 heterocycles. The van der Waals surface area contributed by atoms with E-state index in [1.165, 1.54) is 5.56 Å². The molecule has 1 aliphatic rings. The molecular formula is C22H40IN5O. The highest BCUT2D eigenvalue weighted by Crippen LogP contribution is 2.08. The van der Waals surface area contributed by atoms with Crippen LogP contribution in [0.15, 0.2) is 35.3 Å². The maximum atomic E-state index is 5.44. The molecule has 1 aliphatic heterocycles. The van der Waals surface area contributed by atoms with Crippen molar-refractivity contribution >= 4 is 29.9 Å². The summed E-state index contributed by atoms with van der Waals surface area (Å²) < 4.78 is 5.44. The fourth-order valence-electron chi connectivity index (χ4n) is 3.35. The van der Waals surface area contributed by atoms with Gasteiger partial charge < -0.3 is 15.4 Å². The van der Waals surface area contributed by atoms with Crippen LogP contribution >= 0.6 is 24.0 Å². The van der Waals surface area contributed by atoms with Crippen molar-refractivity contribution in [3.05, 3.63) is 35.9 Å². The SMILES string of the molecule is CCNC(=NCC(C)N1CCOCC1)NCCC(C)N(C)Cc1ccccc1.I. The Morgan fingerprint density at radius 3 is 2.52 bits per heavy atom. The Labute approximate surface area is 194 Å². The molecule has 29 heavy (non-hydrogen) atoms. The third-order valence-corrected chi connectivity index (χ3v) is 5.41. The van der Waals surface area contributed by atoms with Gasteiger partial charge in [0.1, 0.15) is 0 Å². The Morgan fingerprint density at radius 2 is 1.86 bits per heavy atom. The molecule has 2 atom stereocenters. The molecule has 1 aromatic rings. The highest BCUT2D eigenvalue weighted by Gasteiger charge is 2.16. The molecule has 0 aliphatic carbocycles. The van der Waals surface area contributed by atoms with E-state index in [4.69, 9.17) is 9.73 Å². The summed E-state index contributed by atoms with van der Waals surface area (Å²) in [6, 6.07) is 11.6. The lowest BCUT2D eigenvalue weighted by Crippen LogP contribution is -2.45. The van der Waals surface area contributed by atoms with Crippen molar-refractivity contribution in [3.8, 4) is 0 Å². The van der Waals surface area contributed by atoms with Crippen molar-refractivity contribution in [1.82, 2.24) is 20.4 Å². The van der Waals surface area contributed by atoms with Gasteiger partial charge in [-0.25, -0.2) is 0 Å². The van der Waals surface area contributed by atoms with E-state index in [1.807, 2.05) is 0 Å². The van der Waals surface area contributed by atoms with Crippen LogP contribution in [0, 0.1) is 0 Å². The maximum absolute atomic E-state index is 5.44. The van der Waals surface area contributed by atoms with E-state index in [0.717, 1.165) is 64.9 Å². The summed E-state index contributed by atoms with van der Waals surface area (Å²) in [5.41, 5.74) is 1.36. The van der Waals surface area contributed by atoms with Crippen molar-refractivity contribution in [2.75, 3.05) is 53.0 Å². The van der Waals surface area contributed by atoms with Gasteiger partial charge in [0.25, 0.3) is 0 Å². The van der Waals surface area contributed by atoms with Gasteiger partial charge in [-0.3, -0.25) is 14.8 Å². The number of hydrogen-bond acceptors (Lipinski definition) is 4. The first-order valence-electron chi connectivity index (χ1n) is 10.7. The van der Waals surface area contributed by atoms with Gasteiger partial charge in [-0.05, 0) is 39.8 Å². The van der Waals surface area contributed by atoms with Gasteiger partial charge >= 0.3 is 0 Å². The number of nitrogens with zero attached hydrogens (tertiary/aromatic N) is 3. The smallest absolute Gasteiger partial charge is 0.191 e. The number of morpholine rings is 1. The third kappa shape index (κ3) is 10.1. The predicted molar refractivity (Wildman–Crippen MR) is 133 cm³/mol. The molecule has 166 valence electrons. The number of nitrogens with one attached hydrogen (secondary N) is 2. The standard InChI is InChI=1S/C22H39N5O.HI/c1-5-23-22(25-17-20(3)27-13-15-28-16-14-27)24-12-11-19(2)26(4)18-21-9-7-6-8-10-21;/h6-10,19-20H,5,11-18H2,1-4H3,(H2,23,24,25);1H. The van der Waals surface area contributed by atoms with Crippen LogP contribution in [0.3, 0.4) is 0 Å². The number of aliphatic imine (C=N–C) groups is 1. The summed E-state index contributed by atoms with van der Waals surface area (Å²) in [5.74, 6) is 0.917. The van der Waals surface area contributed by atoms with Gasteiger partial charge in [0.15, 0.2) is 5.96 Å². The fourth-order valence-corrected chi connectivity index (χ4v) is 3.35. The van der Waals surface area contributed by atoms with E-state index in [1.54, 1.807) is 0 Å². The van der Waals surface area contributed by atoms with Gasteiger partial charge in [-0.15, -0.1) is 24.0 Å². The van der Waals surface area contributed by atoms with Crippen LogP contribution in [-0.2, 0) is 11.3 Å². The highest BCUT2D eigenvalue weighted by molar-refractivity contribution is 14.0. The molecule has 0 spiro atoms. The van der Waals surface area contributed by atoms with Crippen molar-refractivity contribution in [2.45, 2.75) is 45.8 Å². The minimum atomic E-state index is 0. The quantitative estimate of drug-likeness (QED) is 0.284. The average molecular weight is 518 g/mol. The summed E-state index contributed by atoms with van der Waals surface area (Å²) in [6.45, 7) is 13.9. The second-order valence-electron chi connectivity index (χ2n) is 7.68. The molecule has 0 saturated carbocycles. The lowest BCUT2D eigenvalue weighted by atomic mass is 10.1. The van der Waals surface area contributed by atoms with Crippen LogP contribution in [0.4, 0.5) is 0 Å². The van der Waals surface area contributed by atoms with Crippen LogP contribution in [0.2, 0.25) is 0 Å². The summed E-state index contributed by atoms with van der Waals surface area (Å²) in [4.78, 5) is 9.66.